The predicted molar refractivity (Wildman–Crippen MR) is 104 cm³/mol. The molecule has 0 radical (unpaired) electrons. The molecule has 1 aromatic carbocycles. The van der Waals surface area contributed by atoms with Gasteiger partial charge in [-0.2, -0.15) is 0 Å². The van der Waals surface area contributed by atoms with Crippen molar-refractivity contribution in [1.29, 1.82) is 0 Å². The minimum atomic E-state index is -0.492. The summed E-state index contributed by atoms with van der Waals surface area (Å²) in [5.41, 5.74) is 1.44. The van der Waals surface area contributed by atoms with E-state index in [0.29, 0.717) is 10.7 Å². The summed E-state index contributed by atoms with van der Waals surface area (Å²) < 4.78 is 1.04. The number of nitrogens with zero attached hydrogens (tertiary/aromatic N) is 1. The van der Waals surface area contributed by atoms with E-state index in [-0.39, 0.29) is 10.7 Å². The maximum atomic E-state index is 12.8. The van der Waals surface area contributed by atoms with Gasteiger partial charge in [-0.3, -0.25) is 19.8 Å². The van der Waals surface area contributed by atoms with Crippen LogP contribution in [0.5, 0.6) is 0 Å². The van der Waals surface area contributed by atoms with Crippen molar-refractivity contribution < 1.29 is 9.59 Å². The van der Waals surface area contributed by atoms with Gasteiger partial charge in [0.05, 0.1) is 9.90 Å². The summed E-state index contributed by atoms with van der Waals surface area (Å²) >= 11 is 14.2. The van der Waals surface area contributed by atoms with E-state index in [2.05, 4.69) is 5.32 Å². The van der Waals surface area contributed by atoms with Crippen LogP contribution >= 0.6 is 46.9 Å². The van der Waals surface area contributed by atoms with Crippen LogP contribution in [0.3, 0.4) is 0 Å². The number of rotatable bonds is 3. The van der Waals surface area contributed by atoms with Crippen LogP contribution in [0.4, 0.5) is 5.69 Å². The molecule has 24 heavy (non-hydrogen) atoms. The third kappa shape index (κ3) is 3.25. The van der Waals surface area contributed by atoms with Gasteiger partial charge in [0.15, 0.2) is 5.11 Å². The predicted octanol–water partition coefficient (Wildman–Crippen LogP) is 3.95. The molecule has 2 aromatic rings. The number of carbonyl (C=O) groups is 2. The largest absolute Gasteiger partial charge is 0.298 e. The summed E-state index contributed by atoms with van der Waals surface area (Å²) in [6.07, 6.45) is 3.55. The number of thiophene rings is 1. The fraction of sp³-hybridized carbons (Fsp3) is 0.0625. The summed E-state index contributed by atoms with van der Waals surface area (Å²) in [5, 5.41) is 5.10. The van der Waals surface area contributed by atoms with Crippen LogP contribution in [0.1, 0.15) is 5.56 Å². The molecule has 1 saturated heterocycles. The lowest BCUT2D eigenvalue weighted by Gasteiger charge is -2.28. The zero-order valence-corrected chi connectivity index (χ0v) is 15.6. The highest BCUT2D eigenvalue weighted by atomic mass is 35.5. The lowest BCUT2D eigenvalue weighted by Crippen LogP contribution is -2.54. The maximum Gasteiger partial charge on any atom is 0.270 e. The Morgan fingerprint density at radius 1 is 1.25 bits per heavy atom. The second kappa shape index (κ2) is 7.06. The summed E-state index contributed by atoms with van der Waals surface area (Å²) in [5.74, 6) is -0.946. The highest BCUT2D eigenvalue weighted by Gasteiger charge is 2.34. The van der Waals surface area contributed by atoms with Crippen molar-refractivity contribution in [1.82, 2.24) is 5.32 Å². The van der Waals surface area contributed by atoms with E-state index >= 15 is 0 Å². The fourth-order valence-corrected chi connectivity index (χ4v) is 4.14. The lowest BCUT2D eigenvalue weighted by molar-refractivity contribution is -0.122. The van der Waals surface area contributed by atoms with Gasteiger partial charge in [-0.25, -0.2) is 0 Å². The Balaban J connectivity index is 2.01. The van der Waals surface area contributed by atoms with Crippen LogP contribution in [-0.2, 0) is 9.59 Å². The molecule has 0 spiro atoms. The number of hydrogen-bond acceptors (Lipinski definition) is 5. The second-order valence-electron chi connectivity index (χ2n) is 4.80. The van der Waals surface area contributed by atoms with Crippen molar-refractivity contribution in [2.24, 2.45) is 0 Å². The molecule has 0 atom stereocenters. The van der Waals surface area contributed by atoms with Crippen molar-refractivity contribution >= 4 is 75.6 Å². The quantitative estimate of drug-likeness (QED) is 0.370. The number of benzene rings is 1. The molecule has 1 aromatic heterocycles. The molecule has 0 saturated carbocycles. The minimum absolute atomic E-state index is 0.0484. The first-order valence-electron chi connectivity index (χ1n) is 6.80. The van der Waals surface area contributed by atoms with Crippen LogP contribution < -0.4 is 10.2 Å². The number of amides is 2. The molecule has 8 heteroatoms. The molecule has 2 heterocycles. The van der Waals surface area contributed by atoms with E-state index in [1.807, 2.05) is 17.7 Å². The standard InChI is InChI=1S/C16H11ClN2O2S3/c1-23-15-9(6-7-24-15)8-12-13(20)18-16(22)19(14(12)21)11-4-2-10(17)3-5-11/h2-8H,1H3,(H,18,20,22)/b12-8+. The SMILES string of the molecule is CSc1sccc1/C=C1\C(=O)NC(=S)N(c2ccc(Cl)cc2)C1=O. The first-order chi connectivity index (χ1) is 11.5. The van der Waals surface area contributed by atoms with E-state index in [9.17, 15) is 9.59 Å². The molecular formula is C16H11ClN2O2S3. The normalized spacial score (nSPS) is 16.7. The number of hydrogen-bond donors (Lipinski definition) is 1. The number of thioether (sulfide) groups is 1. The lowest BCUT2D eigenvalue weighted by atomic mass is 10.1. The van der Waals surface area contributed by atoms with Crippen molar-refractivity contribution in [3.05, 3.63) is 51.9 Å². The van der Waals surface area contributed by atoms with E-state index in [1.165, 1.54) is 4.90 Å². The topological polar surface area (TPSA) is 49.4 Å². The van der Waals surface area contributed by atoms with Crippen molar-refractivity contribution in [3.63, 3.8) is 0 Å². The first kappa shape index (κ1) is 17.2. The summed E-state index contributed by atoms with van der Waals surface area (Å²) in [4.78, 5) is 26.4. The first-order valence-corrected chi connectivity index (χ1v) is 9.69. The molecule has 122 valence electrons. The van der Waals surface area contributed by atoms with E-state index in [4.69, 9.17) is 23.8 Å². The molecular weight excluding hydrogens is 384 g/mol. The maximum absolute atomic E-state index is 12.8. The van der Waals surface area contributed by atoms with Crippen molar-refractivity contribution in [2.45, 2.75) is 4.21 Å². The Morgan fingerprint density at radius 3 is 2.62 bits per heavy atom. The van der Waals surface area contributed by atoms with Gasteiger partial charge in [0.1, 0.15) is 5.57 Å². The fourth-order valence-electron chi connectivity index (χ4n) is 2.22. The Hall–Kier alpha value is -1.67. The molecule has 4 nitrogen and oxygen atoms in total. The van der Waals surface area contributed by atoms with Gasteiger partial charge < -0.3 is 0 Å². The van der Waals surface area contributed by atoms with Gasteiger partial charge in [-0.15, -0.1) is 23.1 Å². The van der Waals surface area contributed by atoms with Crippen LogP contribution in [0.2, 0.25) is 5.02 Å². The second-order valence-corrected chi connectivity index (χ2v) is 7.62. The Kier molecular flexibility index (Phi) is 5.05. The minimum Gasteiger partial charge on any atom is -0.298 e. The molecule has 0 unspecified atom stereocenters. The summed E-state index contributed by atoms with van der Waals surface area (Å²) in [7, 11) is 0. The van der Waals surface area contributed by atoms with Crippen molar-refractivity contribution in [3.8, 4) is 0 Å². The van der Waals surface area contributed by atoms with Gasteiger partial charge in [0.25, 0.3) is 11.8 Å². The van der Waals surface area contributed by atoms with Crippen molar-refractivity contribution in [2.75, 3.05) is 11.2 Å². The number of carbonyl (C=O) groups excluding carboxylic acids is 2. The van der Waals surface area contributed by atoms with Crippen LogP contribution in [0.15, 0.2) is 45.5 Å². The third-order valence-corrected chi connectivity index (χ3v) is 5.98. The molecule has 1 aliphatic rings. The number of halogens is 1. The summed E-state index contributed by atoms with van der Waals surface area (Å²) in [6, 6.07) is 8.57. The average molecular weight is 395 g/mol. The Bertz CT molecular complexity index is 858. The molecule has 3 rings (SSSR count). The van der Waals surface area contributed by atoms with Crippen LogP contribution in [-0.4, -0.2) is 23.2 Å². The van der Waals surface area contributed by atoms with Gasteiger partial charge >= 0.3 is 0 Å². The van der Waals surface area contributed by atoms with E-state index in [0.717, 1.165) is 9.77 Å². The molecule has 1 fully saturated rings. The molecule has 0 bridgehead atoms. The number of nitrogens with one attached hydrogen (secondary N) is 1. The highest BCUT2D eigenvalue weighted by molar-refractivity contribution is 8.00. The van der Waals surface area contributed by atoms with E-state index < -0.39 is 11.8 Å². The number of thiocarbonyl (C=S) groups is 1. The van der Waals surface area contributed by atoms with E-state index in [1.54, 1.807) is 53.4 Å². The average Bonchev–Trinajstić information content (AvgIpc) is 3.00. The number of anilines is 1. The van der Waals surface area contributed by atoms with Gasteiger partial charge in [-0.05, 0) is 65.8 Å². The van der Waals surface area contributed by atoms with Gasteiger partial charge in [0.2, 0.25) is 0 Å². The van der Waals surface area contributed by atoms with Crippen LogP contribution in [0, 0.1) is 0 Å². The summed E-state index contributed by atoms with van der Waals surface area (Å²) in [6.45, 7) is 0. The molecule has 1 aliphatic heterocycles. The monoisotopic (exact) mass is 394 g/mol. The third-order valence-electron chi connectivity index (χ3n) is 3.33. The zero-order chi connectivity index (χ0) is 17.3. The highest BCUT2D eigenvalue weighted by Crippen LogP contribution is 2.30. The molecule has 2 amide bonds. The molecule has 1 N–H and O–H groups in total. The van der Waals surface area contributed by atoms with Gasteiger partial charge in [-0.1, -0.05) is 11.6 Å². The smallest absolute Gasteiger partial charge is 0.270 e. The zero-order valence-electron chi connectivity index (χ0n) is 12.4. The van der Waals surface area contributed by atoms with Crippen LogP contribution in [0.25, 0.3) is 6.08 Å². The molecule has 0 aliphatic carbocycles. The Morgan fingerprint density at radius 2 is 1.96 bits per heavy atom. The Labute approximate surface area is 157 Å². The van der Waals surface area contributed by atoms with Gasteiger partial charge in [0, 0.05) is 5.02 Å².